The fourth-order valence-electron chi connectivity index (χ4n) is 1.87. The number of halogens is 2. The summed E-state index contributed by atoms with van der Waals surface area (Å²) < 4.78 is 0. The maximum atomic E-state index is 12.3. The predicted octanol–water partition coefficient (Wildman–Crippen LogP) is 4.03. The molecule has 24 heavy (non-hydrogen) atoms. The van der Waals surface area contributed by atoms with Gasteiger partial charge in [-0.3, -0.25) is 14.6 Å². The average molecular weight is 366 g/mol. The van der Waals surface area contributed by atoms with E-state index in [0.717, 1.165) is 0 Å². The highest BCUT2D eigenvalue weighted by Crippen LogP contribution is 2.25. The fraction of sp³-hybridized carbons (Fsp3) is 0.235. The summed E-state index contributed by atoms with van der Waals surface area (Å²) in [6.45, 7) is 4.56. The minimum atomic E-state index is -0.460. The number of nitrogens with one attached hydrogen (secondary N) is 2. The third kappa shape index (κ3) is 4.94. The quantitative estimate of drug-likeness (QED) is 0.840. The molecule has 2 aromatic rings. The van der Waals surface area contributed by atoms with E-state index >= 15 is 0 Å². The van der Waals surface area contributed by atoms with Crippen molar-refractivity contribution in [2.45, 2.75) is 13.8 Å². The maximum Gasteiger partial charge on any atom is 0.274 e. The van der Waals surface area contributed by atoms with Crippen LogP contribution in [-0.4, -0.2) is 23.3 Å². The zero-order valence-electron chi connectivity index (χ0n) is 13.3. The summed E-state index contributed by atoms with van der Waals surface area (Å²) in [6.07, 6.45) is 1.42. The van der Waals surface area contributed by atoms with Gasteiger partial charge in [-0.15, -0.1) is 0 Å². The van der Waals surface area contributed by atoms with Gasteiger partial charge in [0.25, 0.3) is 11.8 Å². The van der Waals surface area contributed by atoms with Gasteiger partial charge in [0.05, 0.1) is 10.7 Å². The van der Waals surface area contributed by atoms with Crippen molar-refractivity contribution in [3.63, 3.8) is 0 Å². The zero-order valence-corrected chi connectivity index (χ0v) is 14.8. The van der Waals surface area contributed by atoms with Crippen LogP contribution in [-0.2, 0) is 0 Å². The third-order valence-electron chi connectivity index (χ3n) is 3.10. The van der Waals surface area contributed by atoms with E-state index in [-0.39, 0.29) is 11.6 Å². The van der Waals surface area contributed by atoms with Gasteiger partial charge in [0.15, 0.2) is 0 Å². The van der Waals surface area contributed by atoms with Crippen LogP contribution in [0.1, 0.15) is 34.7 Å². The molecule has 0 bridgehead atoms. The molecule has 5 nitrogen and oxygen atoms in total. The monoisotopic (exact) mass is 365 g/mol. The largest absolute Gasteiger partial charge is 0.352 e. The molecule has 0 spiro atoms. The molecule has 2 rings (SSSR count). The van der Waals surface area contributed by atoms with E-state index in [9.17, 15) is 9.59 Å². The number of hydrogen-bond acceptors (Lipinski definition) is 3. The second-order valence-electron chi connectivity index (χ2n) is 5.61. The van der Waals surface area contributed by atoms with Gasteiger partial charge in [-0.25, -0.2) is 0 Å². The van der Waals surface area contributed by atoms with Crippen molar-refractivity contribution in [1.82, 2.24) is 10.3 Å². The Kier molecular flexibility index (Phi) is 6.17. The molecule has 126 valence electrons. The number of aromatic nitrogens is 1. The number of anilines is 1. The van der Waals surface area contributed by atoms with Gasteiger partial charge in [0.1, 0.15) is 5.69 Å². The highest BCUT2D eigenvalue weighted by molar-refractivity contribution is 6.36. The molecule has 0 unspecified atom stereocenters. The lowest BCUT2D eigenvalue weighted by Gasteiger charge is -2.09. The Morgan fingerprint density at radius 2 is 1.88 bits per heavy atom. The van der Waals surface area contributed by atoms with Gasteiger partial charge in [0, 0.05) is 23.3 Å². The molecule has 0 aliphatic heterocycles. The van der Waals surface area contributed by atoms with E-state index in [1.807, 2.05) is 13.8 Å². The van der Waals surface area contributed by atoms with Gasteiger partial charge < -0.3 is 10.6 Å². The molecule has 0 saturated heterocycles. The molecule has 7 heteroatoms. The molecule has 2 N–H and O–H groups in total. The first-order chi connectivity index (χ1) is 11.4. The van der Waals surface area contributed by atoms with Crippen molar-refractivity contribution < 1.29 is 9.59 Å². The molecule has 0 atom stereocenters. The van der Waals surface area contributed by atoms with Gasteiger partial charge in [-0.1, -0.05) is 37.0 Å². The summed E-state index contributed by atoms with van der Waals surface area (Å²) in [5, 5.41) is 6.23. The molecule has 0 aliphatic carbocycles. The Balaban J connectivity index is 2.12. The molecule has 0 radical (unpaired) electrons. The van der Waals surface area contributed by atoms with Crippen LogP contribution in [0, 0.1) is 5.92 Å². The van der Waals surface area contributed by atoms with Crippen molar-refractivity contribution in [3.8, 4) is 0 Å². The van der Waals surface area contributed by atoms with Crippen molar-refractivity contribution in [3.05, 3.63) is 57.8 Å². The first-order valence-electron chi connectivity index (χ1n) is 7.37. The minimum absolute atomic E-state index is 0.123. The summed E-state index contributed by atoms with van der Waals surface area (Å²) >= 11 is 11.9. The number of carbonyl (C=O) groups excluding carboxylic acids is 2. The second kappa shape index (κ2) is 8.13. The molecule has 2 amide bonds. The highest BCUT2D eigenvalue weighted by Gasteiger charge is 2.13. The smallest absolute Gasteiger partial charge is 0.274 e. The Labute approximate surface area is 150 Å². The molecule has 0 fully saturated rings. The number of carbonyl (C=O) groups is 2. The first-order valence-corrected chi connectivity index (χ1v) is 8.13. The number of nitrogens with zero attached hydrogens (tertiary/aromatic N) is 1. The SMILES string of the molecule is CC(C)CNC(=O)c1ccnc(C(=O)Nc2ccc(Cl)cc2Cl)c1. The topological polar surface area (TPSA) is 71.1 Å². The Bertz CT molecular complexity index is 763. The van der Waals surface area contributed by atoms with Crippen LogP contribution in [0.4, 0.5) is 5.69 Å². The van der Waals surface area contributed by atoms with Crippen LogP contribution < -0.4 is 10.6 Å². The molecule has 1 aromatic carbocycles. The summed E-state index contributed by atoms with van der Waals surface area (Å²) in [5.74, 6) is -0.368. The average Bonchev–Trinajstić information content (AvgIpc) is 2.55. The molecular formula is C17H17Cl2N3O2. The molecule has 0 saturated carbocycles. The lowest BCUT2D eigenvalue weighted by Crippen LogP contribution is -2.27. The number of amides is 2. The van der Waals surface area contributed by atoms with Crippen LogP contribution in [0.5, 0.6) is 0 Å². The normalized spacial score (nSPS) is 10.5. The summed E-state index contributed by atoms with van der Waals surface area (Å²) in [4.78, 5) is 28.4. The maximum absolute atomic E-state index is 12.3. The van der Waals surface area contributed by atoms with E-state index in [1.165, 1.54) is 18.3 Å². The van der Waals surface area contributed by atoms with Crippen LogP contribution in [0.15, 0.2) is 36.5 Å². The van der Waals surface area contributed by atoms with Gasteiger partial charge >= 0.3 is 0 Å². The third-order valence-corrected chi connectivity index (χ3v) is 3.65. The summed E-state index contributed by atoms with van der Waals surface area (Å²) in [7, 11) is 0. The van der Waals surface area contributed by atoms with Crippen LogP contribution in [0.25, 0.3) is 0 Å². The van der Waals surface area contributed by atoms with Crippen molar-refractivity contribution in [1.29, 1.82) is 0 Å². The lowest BCUT2D eigenvalue weighted by atomic mass is 10.2. The molecule has 1 aromatic heterocycles. The van der Waals surface area contributed by atoms with Crippen LogP contribution in [0.2, 0.25) is 10.0 Å². The molecule has 0 aliphatic rings. The van der Waals surface area contributed by atoms with E-state index in [2.05, 4.69) is 15.6 Å². The number of hydrogen-bond donors (Lipinski definition) is 2. The first kappa shape index (κ1) is 18.2. The Hall–Kier alpha value is -2.11. The number of rotatable bonds is 5. The van der Waals surface area contributed by atoms with E-state index in [0.29, 0.717) is 33.8 Å². The Morgan fingerprint density at radius 1 is 1.12 bits per heavy atom. The van der Waals surface area contributed by atoms with Gasteiger partial charge in [-0.2, -0.15) is 0 Å². The van der Waals surface area contributed by atoms with Crippen LogP contribution >= 0.6 is 23.2 Å². The molecular weight excluding hydrogens is 349 g/mol. The van der Waals surface area contributed by atoms with Crippen molar-refractivity contribution >= 4 is 40.7 Å². The zero-order chi connectivity index (χ0) is 17.7. The predicted molar refractivity (Wildman–Crippen MR) is 95.8 cm³/mol. The van der Waals surface area contributed by atoms with Gasteiger partial charge in [0.2, 0.25) is 0 Å². The Morgan fingerprint density at radius 3 is 2.54 bits per heavy atom. The van der Waals surface area contributed by atoms with E-state index in [4.69, 9.17) is 23.2 Å². The molecule has 1 heterocycles. The van der Waals surface area contributed by atoms with E-state index in [1.54, 1.807) is 18.2 Å². The fourth-order valence-corrected chi connectivity index (χ4v) is 2.33. The van der Waals surface area contributed by atoms with Crippen molar-refractivity contribution in [2.24, 2.45) is 5.92 Å². The summed E-state index contributed by atoms with van der Waals surface area (Å²) in [6, 6.07) is 7.74. The second-order valence-corrected chi connectivity index (χ2v) is 6.46. The van der Waals surface area contributed by atoms with Gasteiger partial charge in [-0.05, 0) is 36.2 Å². The highest BCUT2D eigenvalue weighted by atomic mass is 35.5. The standard InChI is InChI=1S/C17H17Cl2N3O2/c1-10(2)9-21-16(23)11-5-6-20-15(7-11)17(24)22-14-4-3-12(18)8-13(14)19/h3-8,10H,9H2,1-2H3,(H,21,23)(H,22,24). The van der Waals surface area contributed by atoms with Crippen LogP contribution in [0.3, 0.4) is 0 Å². The van der Waals surface area contributed by atoms with Crippen molar-refractivity contribution in [2.75, 3.05) is 11.9 Å². The number of pyridine rings is 1. The lowest BCUT2D eigenvalue weighted by molar-refractivity contribution is 0.0949. The minimum Gasteiger partial charge on any atom is -0.352 e. The number of benzene rings is 1. The summed E-state index contributed by atoms with van der Waals surface area (Å²) in [5.41, 5.74) is 0.916. The van der Waals surface area contributed by atoms with E-state index < -0.39 is 5.91 Å².